The first-order chi connectivity index (χ1) is 20.8. The number of hydrogen-bond acceptors (Lipinski definition) is 0. The summed E-state index contributed by atoms with van der Waals surface area (Å²) < 4.78 is 4.75. The molecule has 0 aliphatic carbocycles. The lowest BCUT2D eigenvalue weighted by Crippen LogP contribution is -1.97. The van der Waals surface area contributed by atoms with E-state index in [1.807, 2.05) is 0 Å². The minimum Gasteiger partial charge on any atom is -0.315 e. The van der Waals surface area contributed by atoms with E-state index < -0.39 is 0 Å². The lowest BCUT2D eigenvalue weighted by atomic mass is 9.97. The predicted molar refractivity (Wildman–Crippen MR) is 178 cm³/mol. The van der Waals surface area contributed by atoms with E-state index in [1.165, 1.54) is 71.1 Å². The van der Waals surface area contributed by atoms with Crippen molar-refractivity contribution in [2.45, 2.75) is 0 Å². The highest BCUT2D eigenvalue weighted by Gasteiger charge is 2.17. The summed E-state index contributed by atoms with van der Waals surface area (Å²) in [5.41, 5.74) is 8.44. The zero-order chi connectivity index (χ0) is 27.6. The Morgan fingerprint density at radius 2 is 1.02 bits per heavy atom. The lowest BCUT2D eigenvalue weighted by molar-refractivity contribution is 1.12. The van der Waals surface area contributed by atoms with Gasteiger partial charge in [-0.3, -0.25) is 0 Å². The van der Waals surface area contributed by atoms with Crippen LogP contribution in [0.25, 0.3) is 76.8 Å². The van der Waals surface area contributed by atoms with Crippen molar-refractivity contribution in [3.8, 4) is 22.5 Å². The molecule has 0 radical (unpaired) electrons. The van der Waals surface area contributed by atoms with Crippen molar-refractivity contribution in [2.75, 3.05) is 0 Å². The van der Waals surface area contributed by atoms with Crippen LogP contribution in [-0.2, 0) is 0 Å². The normalized spacial score (nSPS) is 11.8. The quantitative estimate of drug-likeness (QED) is 0.200. The summed E-state index contributed by atoms with van der Waals surface area (Å²) >= 11 is 0. The Balaban J connectivity index is 1.21. The monoisotopic (exact) mass is 534 g/mol. The molecule has 0 amide bonds. The molecule has 2 nitrogen and oxygen atoms in total. The first kappa shape index (κ1) is 23.1. The van der Waals surface area contributed by atoms with E-state index in [9.17, 15) is 0 Å². The van der Waals surface area contributed by atoms with Crippen LogP contribution in [0.3, 0.4) is 0 Å². The molecular weight excluding hydrogens is 508 g/mol. The lowest BCUT2D eigenvalue weighted by Gasteiger charge is -2.12. The standard InChI is InChI=1S/C40H26N2/c1-2-9-33(10-3-1)42-38-13-7-6-12-36(38)37-23-18-29-24-25-41(39(29)40(37)42)32-20-16-27(17-21-32)30-19-22-35-31(26-30)15-14-28-8-4-5-11-34(28)35/h1-26H. The van der Waals surface area contributed by atoms with Gasteiger partial charge in [0.1, 0.15) is 0 Å². The fourth-order valence-electron chi connectivity index (χ4n) is 6.74. The molecule has 2 heteroatoms. The van der Waals surface area contributed by atoms with E-state index >= 15 is 0 Å². The third-order valence-corrected chi connectivity index (χ3v) is 8.72. The average Bonchev–Trinajstić information content (AvgIpc) is 3.64. The van der Waals surface area contributed by atoms with Crippen LogP contribution in [-0.4, -0.2) is 9.13 Å². The Labute approximate surface area is 243 Å². The maximum atomic E-state index is 2.41. The van der Waals surface area contributed by atoms with Crippen molar-refractivity contribution in [1.29, 1.82) is 0 Å². The first-order valence-corrected chi connectivity index (χ1v) is 14.4. The zero-order valence-electron chi connectivity index (χ0n) is 22.9. The van der Waals surface area contributed by atoms with Crippen LogP contribution in [0.1, 0.15) is 0 Å². The second-order valence-electron chi connectivity index (χ2n) is 11.0. The summed E-state index contributed by atoms with van der Waals surface area (Å²) in [5.74, 6) is 0. The summed E-state index contributed by atoms with van der Waals surface area (Å²) in [6.45, 7) is 0. The molecule has 0 atom stereocenters. The molecule has 0 N–H and O–H groups in total. The van der Waals surface area contributed by atoms with Crippen LogP contribution >= 0.6 is 0 Å². The Morgan fingerprint density at radius 3 is 1.90 bits per heavy atom. The molecular formula is C40H26N2. The maximum Gasteiger partial charge on any atom is 0.0788 e. The van der Waals surface area contributed by atoms with Gasteiger partial charge in [0, 0.05) is 33.7 Å². The second kappa shape index (κ2) is 8.95. The van der Waals surface area contributed by atoms with E-state index in [2.05, 4.69) is 167 Å². The van der Waals surface area contributed by atoms with Crippen molar-refractivity contribution in [3.63, 3.8) is 0 Å². The number of rotatable bonds is 3. The summed E-state index contributed by atoms with van der Waals surface area (Å²) in [5, 5.41) is 8.91. The van der Waals surface area contributed by atoms with Crippen molar-refractivity contribution < 1.29 is 0 Å². The van der Waals surface area contributed by atoms with Crippen molar-refractivity contribution in [1.82, 2.24) is 9.13 Å². The zero-order valence-corrected chi connectivity index (χ0v) is 22.9. The number of hydrogen-bond donors (Lipinski definition) is 0. The van der Waals surface area contributed by atoms with Gasteiger partial charge in [-0.15, -0.1) is 0 Å². The Bertz CT molecular complexity index is 2440. The van der Waals surface area contributed by atoms with E-state index in [1.54, 1.807) is 0 Å². The van der Waals surface area contributed by atoms with Crippen LogP contribution < -0.4 is 0 Å². The summed E-state index contributed by atoms with van der Waals surface area (Å²) in [4.78, 5) is 0. The van der Waals surface area contributed by atoms with Gasteiger partial charge in [0.25, 0.3) is 0 Å². The molecule has 7 aromatic carbocycles. The number of nitrogens with zero attached hydrogens (tertiary/aromatic N) is 2. The molecule has 2 heterocycles. The molecule has 42 heavy (non-hydrogen) atoms. The number of aromatic nitrogens is 2. The molecule has 0 saturated carbocycles. The minimum absolute atomic E-state index is 1.15. The third-order valence-electron chi connectivity index (χ3n) is 8.72. The molecule has 0 unspecified atom stereocenters. The summed E-state index contributed by atoms with van der Waals surface area (Å²) in [6.07, 6.45) is 2.20. The van der Waals surface area contributed by atoms with Crippen molar-refractivity contribution in [2.24, 2.45) is 0 Å². The van der Waals surface area contributed by atoms with Gasteiger partial charge < -0.3 is 9.13 Å². The van der Waals surface area contributed by atoms with Gasteiger partial charge in [0.2, 0.25) is 0 Å². The highest BCUT2D eigenvalue weighted by atomic mass is 15.0. The average molecular weight is 535 g/mol. The van der Waals surface area contributed by atoms with Crippen LogP contribution in [0.5, 0.6) is 0 Å². The van der Waals surface area contributed by atoms with Crippen molar-refractivity contribution >= 4 is 54.3 Å². The van der Waals surface area contributed by atoms with E-state index in [0.29, 0.717) is 0 Å². The van der Waals surface area contributed by atoms with Crippen LogP contribution in [0.4, 0.5) is 0 Å². The van der Waals surface area contributed by atoms with Gasteiger partial charge in [-0.05, 0) is 75.1 Å². The molecule has 196 valence electrons. The molecule has 0 aliphatic rings. The Morgan fingerprint density at radius 1 is 0.357 bits per heavy atom. The van der Waals surface area contributed by atoms with Crippen molar-refractivity contribution in [3.05, 3.63) is 158 Å². The third kappa shape index (κ3) is 3.39. The fourth-order valence-corrected chi connectivity index (χ4v) is 6.74. The molecule has 0 aliphatic heterocycles. The maximum absolute atomic E-state index is 2.41. The van der Waals surface area contributed by atoms with E-state index in [0.717, 1.165) is 5.69 Å². The SMILES string of the molecule is c1ccc(-n2c3ccccc3c3ccc4ccn(-c5ccc(-c6ccc7c(ccc8ccccc87)c6)cc5)c4c32)cc1. The number of para-hydroxylation sites is 2. The molecule has 0 bridgehead atoms. The first-order valence-electron chi connectivity index (χ1n) is 14.4. The van der Waals surface area contributed by atoms with E-state index in [-0.39, 0.29) is 0 Å². The summed E-state index contributed by atoms with van der Waals surface area (Å²) in [7, 11) is 0. The van der Waals surface area contributed by atoms with E-state index in [4.69, 9.17) is 0 Å². The van der Waals surface area contributed by atoms with Gasteiger partial charge in [-0.25, -0.2) is 0 Å². The molecule has 9 rings (SSSR count). The van der Waals surface area contributed by atoms with Crippen LogP contribution in [0.15, 0.2) is 158 Å². The van der Waals surface area contributed by atoms with Crippen LogP contribution in [0, 0.1) is 0 Å². The molecule has 9 aromatic rings. The van der Waals surface area contributed by atoms with Crippen LogP contribution in [0.2, 0.25) is 0 Å². The second-order valence-corrected chi connectivity index (χ2v) is 11.0. The largest absolute Gasteiger partial charge is 0.315 e. The number of fused-ring (bicyclic) bond motifs is 8. The Hall–Kier alpha value is -5.60. The highest BCUT2D eigenvalue weighted by Crippen LogP contribution is 2.38. The molecule has 0 fully saturated rings. The fraction of sp³-hybridized carbons (Fsp3) is 0. The minimum atomic E-state index is 1.15. The van der Waals surface area contributed by atoms with Gasteiger partial charge in [0.05, 0.1) is 16.6 Å². The smallest absolute Gasteiger partial charge is 0.0788 e. The predicted octanol–water partition coefficient (Wildman–Crippen LogP) is 10.7. The van der Waals surface area contributed by atoms with Gasteiger partial charge in [-0.1, -0.05) is 109 Å². The molecule has 0 saturated heterocycles. The van der Waals surface area contributed by atoms with Gasteiger partial charge >= 0.3 is 0 Å². The summed E-state index contributed by atoms with van der Waals surface area (Å²) in [6, 6.07) is 55.0. The number of benzene rings is 7. The molecule has 0 spiro atoms. The highest BCUT2D eigenvalue weighted by molar-refractivity contribution is 6.18. The van der Waals surface area contributed by atoms with Gasteiger partial charge in [0.15, 0.2) is 0 Å². The molecule has 2 aromatic heterocycles. The Kier molecular flexibility index (Phi) is 4.93. The topological polar surface area (TPSA) is 9.86 Å². The van der Waals surface area contributed by atoms with Gasteiger partial charge in [-0.2, -0.15) is 0 Å².